The van der Waals surface area contributed by atoms with E-state index >= 15 is 0 Å². The summed E-state index contributed by atoms with van der Waals surface area (Å²) in [5.41, 5.74) is 1.18. The first-order valence-corrected chi connectivity index (χ1v) is 14.2. The van der Waals surface area contributed by atoms with E-state index in [-0.39, 0.29) is 11.8 Å². The van der Waals surface area contributed by atoms with Crippen LogP contribution in [0.1, 0.15) is 35.1 Å². The van der Waals surface area contributed by atoms with Crippen LogP contribution in [0.15, 0.2) is 121 Å². The molecule has 2 N–H and O–H groups in total. The zero-order valence-corrected chi connectivity index (χ0v) is 24.3. The van der Waals surface area contributed by atoms with Crippen LogP contribution in [0, 0.1) is 11.8 Å². The molecular formula is C36H44N2O2. The van der Waals surface area contributed by atoms with Crippen LogP contribution in [0.25, 0.3) is 0 Å². The Morgan fingerprint density at radius 3 is 0.875 bits per heavy atom. The van der Waals surface area contributed by atoms with E-state index < -0.39 is 11.2 Å². The lowest BCUT2D eigenvalue weighted by Gasteiger charge is -2.42. The van der Waals surface area contributed by atoms with Crippen molar-refractivity contribution in [3.8, 4) is 0 Å². The molecule has 0 aliphatic rings. The normalized spacial score (nSPS) is 13.9. The first-order chi connectivity index (χ1) is 19.3. The van der Waals surface area contributed by atoms with E-state index in [0.29, 0.717) is 13.1 Å². The Hall–Kier alpha value is -3.28. The molecule has 4 rings (SSSR count). The lowest BCUT2D eigenvalue weighted by molar-refractivity contribution is -0.0246. The third-order valence-corrected chi connectivity index (χ3v) is 8.07. The lowest BCUT2D eigenvalue weighted by Crippen LogP contribution is -2.45. The Kier molecular flexibility index (Phi) is 9.94. The van der Waals surface area contributed by atoms with Crippen LogP contribution >= 0.6 is 0 Å². The Balaban J connectivity index is 1.79. The van der Waals surface area contributed by atoms with Gasteiger partial charge in [0.25, 0.3) is 0 Å². The van der Waals surface area contributed by atoms with Gasteiger partial charge in [0.05, 0.1) is 0 Å². The SMILES string of the molecule is CN(C)C[C@@H](CC[C@H](CN(C)C)C(O)(c1ccccc1)c1ccccc1)C(O)(c1ccccc1)c1ccccc1. The molecule has 4 heteroatoms. The van der Waals surface area contributed by atoms with Crippen molar-refractivity contribution < 1.29 is 10.2 Å². The van der Waals surface area contributed by atoms with E-state index in [2.05, 4.69) is 38.0 Å². The van der Waals surface area contributed by atoms with Crippen molar-refractivity contribution in [1.82, 2.24) is 9.80 Å². The molecule has 0 bridgehead atoms. The second kappa shape index (κ2) is 13.4. The summed E-state index contributed by atoms with van der Waals surface area (Å²) in [7, 11) is 8.24. The van der Waals surface area contributed by atoms with Crippen molar-refractivity contribution in [2.45, 2.75) is 24.0 Å². The van der Waals surface area contributed by atoms with Crippen molar-refractivity contribution in [2.24, 2.45) is 11.8 Å². The summed E-state index contributed by atoms with van der Waals surface area (Å²) in [4.78, 5) is 4.31. The summed E-state index contributed by atoms with van der Waals surface area (Å²) in [6, 6.07) is 40.1. The minimum absolute atomic E-state index is 0.118. The van der Waals surface area contributed by atoms with Gasteiger partial charge in [-0.1, -0.05) is 121 Å². The van der Waals surface area contributed by atoms with E-state index in [1.165, 1.54) is 0 Å². The maximum absolute atomic E-state index is 12.7. The quantitative estimate of drug-likeness (QED) is 0.220. The van der Waals surface area contributed by atoms with E-state index in [4.69, 9.17) is 0 Å². The molecule has 0 spiro atoms. The van der Waals surface area contributed by atoms with Gasteiger partial charge < -0.3 is 20.0 Å². The molecule has 0 unspecified atom stereocenters. The topological polar surface area (TPSA) is 46.9 Å². The van der Waals surface area contributed by atoms with Crippen LogP contribution in [-0.4, -0.2) is 61.3 Å². The summed E-state index contributed by atoms with van der Waals surface area (Å²) >= 11 is 0. The van der Waals surface area contributed by atoms with Crippen LogP contribution in [0.2, 0.25) is 0 Å². The van der Waals surface area contributed by atoms with Gasteiger partial charge in [-0.25, -0.2) is 0 Å². The average molecular weight is 537 g/mol. The van der Waals surface area contributed by atoms with Gasteiger partial charge in [-0.05, 0) is 63.3 Å². The molecule has 210 valence electrons. The number of benzene rings is 4. The van der Waals surface area contributed by atoms with Crippen LogP contribution in [0.4, 0.5) is 0 Å². The fourth-order valence-electron chi connectivity index (χ4n) is 6.19. The third-order valence-electron chi connectivity index (χ3n) is 8.07. The monoisotopic (exact) mass is 536 g/mol. The minimum Gasteiger partial charge on any atom is -0.380 e. The largest absolute Gasteiger partial charge is 0.380 e. The van der Waals surface area contributed by atoms with Gasteiger partial charge in [-0.3, -0.25) is 0 Å². The molecule has 40 heavy (non-hydrogen) atoms. The molecule has 0 fully saturated rings. The lowest BCUT2D eigenvalue weighted by atomic mass is 9.69. The fraction of sp³-hybridized carbons (Fsp3) is 0.333. The van der Waals surface area contributed by atoms with E-state index in [9.17, 15) is 10.2 Å². The van der Waals surface area contributed by atoms with Crippen molar-refractivity contribution in [3.63, 3.8) is 0 Å². The van der Waals surface area contributed by atoms with Crippen molar-refractivity contribution in [1.29, 1.82) is 0 Å². The summed E-state index contributed by atoms with van der Waals surface area (Å²) in [6.45, 7) is 1.40. The van der Waals surface area contributed by atoms with Crippen LogP contribution in [0.3, 0.4) is 0 Å². The fourth-order valence-corrected chi connectivity index (χ4v) is 6.19. The van der Waals surface area contributed by atoms with Crippen LogP contribution in [-0.2, 0) is 11.2 Å². The number of nitrogens with zero attached hydrogens (tertiary/aromatic N) is 2. The molecular weight excluding hydrogens is 492 g/mol. The first kappa shape index (κ1) is 29.7. The molecule has 0 radical (unpaired) electrons. The molecule has 4 aromatic rings. The molecule has 0 aromatic heterocycles. The summed E-state index contributed by atoms with van der Waals surface area (Å²) in [6.07, 6.45) is 1.44. The van der Waals surface area contributed by atoms with Gasteiger partial charge in [-0.15, -0.1) is 0 Å². The molecule has 0 aliphatic heterocycles. The maximum atomic E-state index is 12.7. The van der Waals surface area contributed by atoms with Crippen molar-refractivity contribution >= 4 is 0 Å². The Morgan fingerprint density at radius 1 is 0.450 bits per heavy atom. The smallest absolute Gasteiger partial charge is 0.119 e. The molecule has 4 nitrogen and oxygen atoms in total. The van der Waals surface area contributed by atoms with Crippen LogP contribution in [0.5, 0.6) is 0 Å². The molecule has 0 saturated heterocycles. The van der Waals surface area contributed by atoms with Gasteiger partial charge in [0.1, 0.15) is 11.2 Å². The Bertz CT molecular complexity index is 1100. The van der Waals surface area contributed by atoms with E-state index in [1.807, 2.05) is 121 Å². The second-order valence-electron chi connectivity index (χ2n) is 11.5. The first-order valence-electron chi connectivity index (χ1n) is 14.2. The molecule has 4 aromatic carbocycles. The number of aliphatic hydroxyl groups is 2. The van der Waals surface area contributed by atoms with Gasteiger partial charge in [0, 0.05) is 24.9 Å². The maximum Gasteiger partial charge on any atom is 0.119 e. The second-order valence-corrected chi connectivity index (χ2v) is 11.5. The summed E-state index contributed by atoms with van der Waals surface area (Å²) in [5, 5.41) is 25.4. The number of hydrogen-bond acceptors (Lipinski definition) is 4. The molecule has 0 amide bonds. The van der Waals surface area contributed by atoms with Gasteiger partial charge >= 0.3 is 0 Å². The Morgan fingerprint density at radius 2 is 0.675 bits per heavy atom. The summed E-state index contributed by atoms with van der Waals surface area (Å²) < 4.78 is 0. The highest BCUT2D eigenvalue weighted by Crippen LogP contribution is 2.44. The predicted octanol–water partition coefficient (Wildman–Crippen LogP) is 5.99. The average Bonchev–Trinajstić information content (AvgIpc) is 2.99. The van der Waals surface area contributed by atoms with E-state index in [0.717, 1.165) is 35.1 Å². The molecule has 0 aliphatic carbocycles. The molecule has 2 atom stereocenters. The van der Waals surface area contributed by atoms with Gasteiger partial charge in [-0.2, -0.15) is 0 Å². The number of hydrogen-bond donors (Lipinski definition) is 2. The van der Waals surface area contributed by atoms with Crippen molar-refractivity contribution in [3.05, 3.63) is 144 Å². The van der Waals surface area contributed by atoms with Gasteiger partial charge in [0.2, 0.25) is 0 Å². The standard InChI is InChI=1S/C36H44N2O2/c1-37(2)27-33(35(39,29-17-9-5-10-18-29)30-19-11-6-12-20-30)25-26-34(28-38(3)4)36(40,31-21-13-7-14-22-31)32-23-15-8-16-24-32/h5-24,33-34,39-40H,25-28H2,1-4H3/t33-,34-/m1/s1. The number of rotatable bonds is 13. The minimum atomic E-state index is -1.19. The van der Waals surface area contributed by atoms with E-state index in [1.54, 1.807) is 0 Å². The highest BCUT2D eigenvalue weighted by atomic mass is 16.3. The molecule has 0 saturated carbocycles. The third kappa shape index (κ3) is 6.54. The highest BCUT2D eigenvalue weighted by molar-refractivity contribution is 5.39. The summed E-state index contributed by atoms with van der Waals surface area (Å²) in [5.74, 6) is -0.236. The van der Waals surface area contributed by atoms with Crippen molar-refractivity contribution in [2.75, 3.05) is 41.3 Å². The predicted molar refractivity (Wildman–Crippen MR) is 165 cm³/mol. The molecule has 0 heterocycles. The zero-order chi connectivity index (χ0) is 28.6. The zero-order valence-electron chi connectivity index (χ0n) is 24.3. The van der Waals surface area contributed by atoms with Gasteiger partial charge in [0.15, 0.2) is 0 Å². The highest BCUT2D eigenvalue weighted by Gasteiger charge is 2.44. The Labute approximate surface area is 240 Å². The van der Waals surface area contributed by atoms with Crippen LogP contribution < -0.4 is 0 Å².